The number of rotatable bonds is 14. The van der Waals surface area contributed by atoms with Crippen molar-refractivity contribution in [3.8, 4) is 11.5 Å². The Morgan fingerprint density at radius 1 is 0.630 bits per heavy atom. The normalized spacial score (nSPS) is 11.7. The minimum absolute atomic E-state index is 0.155. The molecule has 0 unspecified atom stereocenters. The van der Waals surface area contributed by atoms with E-state index in [1.54, 1.807) is 12.1 Å². The molecule has 0 fully saturated rings. The van der Waals surface area contributed by atoms with Gasteiger partial charge in [-0.3, -0.25) is 9.98 Å². The molecule has 0 radical (unpaired) electrons. The van der Waals surface area contributed by atoms with Gasteiger partial charge in [-0.15, -0.1) is 0 Å². The van der Waals surface area contributed by atoms with E-state index >= 15 is 0 Å². The molecule has 0 spiro atoms. The lowest BCUT2D eigenvalue weighted by Gasteiger charge is -2.09. The van der Waals surface area contributed by atoms with Crippen LogP contribution >= 0.6 is 0 Å². The Bertz CT molecular complexity index is 1620. The number of unbranched alkanes of at least 4 members (excludes halogenated alkanes) is 3. The molecule has 0 aliphatic heterocycles. The lowest BCUT2D eigenvalue weighted by atomic mass is 9.99. The van der Waals surface area contributed by atoms with Crippen LogP contribution in [0.5, 0.6) is 11.5 Å². The van der Waals surface area contributed by atoms with E-state index in [1.807, 2.05) is 19.2 Å². The summed E-state index contributed by atoms with van der Waals surface area (Å²) in [5.74, 6) is 0.333. The van der Waals surface area contributed by atoms with E-state index in [0.29, 0.717) is 5.39 Å². The zero-order valence-electron chi connectivity index (χ0n) is 29.4. The smallest absolute Gasteiger partial charge is 0.127 e. The zero-order chi connectivity index (χ0) is 33.5. The fraction of sp³-hybridized carbons (Fsp3) is 0.429. The lowest BCUT2D eigenvalue weighted by molar-refractivity contribution is 0.463. The van der Waals surface area contributed by atoms with Crippen molar-refractivity contribution in [2.24, 2.45) is 9.98 Å². The van der Waals surface area contributed by atoms with Gasteiger partial charge in [-0.1, -0.05) is 85.1 Å². The first kappa shape index (κ1) is 36.5. The van der Waals surface area contributed by atoms with Crippen molar-refractivity contribution in [2.75, 3.05) is 0 Å². The summed E-state index contributed by atoms with van der Waals surface area (Å²) in [7, 11) is 0. The van der Waals surface area contributed by atoms with Gasteiger partial charge in [-0.2, -0.15) is 0 Å². The van der Waals surface area contributed by atoms with Crippen molar-refractivity contribution < 1.29 is 10.2 Å². The highest BCUT2D eigenvalue weighted by molar-refractivity contribution is 6.31. The molecular weight excluding hydrogens is 564 g/mol. The largest absolute Gasteiger partial charge is 0.507 e. The zero-order valence-corrected chi connectivity index (χ0v) is 29.4. The number of benzene rings is 4. The predicted molar refractivity (Wildman–Crippen MR) is 200 cm³/mol. The Morgan fingerprint density at radius 3 is 1.83 bits per heavy atom. The Hall–Kier alpha value is -3.92. The average molecular weight is 621 g/mol. The highest BCUT2D eigenvalue weighted by atomic mass is 16.3. The van der Waals surface area contributed by atoms with E-state index in [9.17, 15) is 10.2 Å². The maximum atomic E-state index is 10.0. The van der Waals surface area contributed by atoms with Crippen molar-refractivity contribution in [2.45, 2.75) is 119 Å². The van der Waals surface area contributed by atoms with Crippen LogP contribution in [0.25, 0.3) is 10.8 Å². The second-order valence-corrected chi connectivity index (χ2v) is 12.2. The van der Waals surface area contributed by atoms with Gasteiger partial charge in [0.2, 0.25) is 0 Å². The first-order chi connectivity index (χ1) is 22.3. The molecule has 246 valence electrons. The summed E-state index contributed by atoms with van der Waals surface area (Å²) in [6, 6.07) is 20.7. The van der Waals surface area contributed by atoms with Gasteiger partial charge >= 0.3 is 0 Å². The Kier molecular flexibility index (Phi) is 15.0. The van der Waals surface area contributed by atoms with Crippen LogP contribution in [-0.2, 0) is 32.1 Å². The summed E-state index contributed by atoms with van der Waals surface area (Å²) >= 11 is 0. The molecule has 0 saturated carbocycles. The second-order valence-electron chi connectivity index (χ2n) is 12.2. The van der Waals surface area contributed by atoms with Crippen molar-refractivity contribution in [3.63, 3.8) is 0 Å². The van der Waals surface area contributed by atoms with E-state index in [4.69, 9.17) is 9.98 Å². The van der Waals surface area contributed by atoms with Crippen molar-refractivity contribution in [1.29, 1.82) is 0 Å². The number of nitrogens with zero attached hydrogens (tertiary/aromatic N) is 2. The Labute approximate surface area is 278 Å². The first-order valence-electron chi connectivity index (χ1n) is 17.6. The third-order valence-corrected chi connectivity index (χ3v) is 8.61. The van der Waals surface area contributed by atoms with Crippen LogP contribution < -0.4 is 0 Å². The summed E-state index contributed by atoms with van der Waals surface area (Å²) in [5.41, 5.74) is 10.9. The quantitative estimate of drug-likeness (QED) is 0.109. The molecule has 4 aromatic carbocycles. The summed E-state index contributed by atoms with van der Waals surface area (Å²) in [6.45, 7) is 15.2. The number of aromatic hydroxyl groups is 2. The standard InChI is InChI=1S/C26H36N2.C16H20O2/c1-6-11-12-26(28-25-16-14-21(8-3)23(10-5)18-25)19-27-24-15-13-20(7-2)22(9-4)17-24;1-3-4-5-6-12-9-13-7-11(2)8-14(17)16(13)15(18)10-12/h13-19H,6-12H2,1-5H3;7-10,17-18H,3-6H2,1-2H3. The number of fused-ring (bicyclic) bond motifs is 1. The Balaban J connectivity index is 0.000000275. The second kappa shape index (κ2) is 18.9. The summed E-state index contributed by atoms with van der Waals surface area (Å²) in [5, 5.41) is 21.4. The number of aliphatic imine (C=N–C) groups is 2. The van der Waals surface area contributed by atoms with Crippen LogP contribution in [0, 0.1) is 6.92 Å². The fourth-order valence-corrected chi connectivity index (χ4v) is 5.95. The van der Waals surface area contributed by atoms with E-state index < -0.39 is 0 Å². The van der Waals surface area contributed by atoms with Gasteiger partial charge in [-0.25, -0.2) is 0 Å². The van der Waals surface area contributed by atoms with Crippen molar-refractivity contribution in [3.05, 3.63) is 94.0 Å². The predicted octanol–water partition coefficient (Wildman–Crippen LogP) is 11.9. The number of hydrogen-bond acceptors (Lipinski definition) is 4. The molecule has 0 saturated heterocycles. The number of aryl methyl sites for hydroxylation is 6. The van der Waals surface area contributed by atoms with Crippen LogP contribution in [0.1, 0.15) is 113 Å². The van der Waals surface area contributed by atoms with Gasteiger partial charge in [0, 0.05) is 6.21 Å². The summed E-state index contributed by atoms with van der Waals surface area (Å²) in [6.07, 6.45) is 14.0. The Morgan fingerprint density at radius 2 is 1.22 bits per heavy atom. The molecule has 0 atom stereocenters. The molecule has 0 bridgehead atoms. The minimum atomic E-state index is 0.155. The molecular formula is C42H56N2O2. The van der Waals surface area contributed by atoms with E-state index in [1.165, 1.54) is 35.1 Å². The van der Waals surface area contributed by atoms with Gasteiger partial charge in [0.25, 0.3) is 0 Å². The van der Waals surface area contributed by atoms with Crippen LogP contribution in [0.2, 0.25) is 0 Å². The number of phenolic OH excluding ortho intramolecular Hbond substituents is 2. The number of hydrogen-bond donors (Lipinski definition) is 2. The topological polar surface area (TPSA) is 65.2 Å². The molecule has 0 heterocycles. The van der Waals surface area contributed by atoms with Gasteiger partial charge in [0.15, 0.2) is 0 Å². The molecule has 0 aliphatic carbocycles. The highest BCUT2D eigenvalue weighted by Gasteiger charge is 2.09. The maximum absolute atomic E-state index is 10.0. The maximum Gasteiger partial charge on any atom is 0.127 e. The van der Waals surface area contributed by atoms with Crippen molar-refractivity contribution >= 4 is 34.1 Å². The molecule has 2 N–H and O–H groups in total. The van der Waals surface area contributed by atoms with Gasteiger partial charge in [0.1, 0.15) is 11.5 Å². The summed E-state index contributed by atoms with van der Waals surface area (Å²) < 4.78 is 0. The fourth-order valence-electron chi connectivity index (χ4n) is 5.95. The van der Waals surface area contributed by atoms with Crippen LogP contribution in [-0.4, -0.2) is 22.1 Å². The highest BCUT2D eigenvalue weighted by Crippen LogP contribution is 2.35. The SMILES string of the molecule is CCCCC(C=Nc1ccc(CC)c(CC)c1)=Nc1ccc(CC)c(CC)c1.CCCCCc1cc(O)c2c(O)cc(C)cc2c1. The third kappa shape index (κ3) is 10.6. The lowest BCUT2D eigenvalue weighted by Crippen LogP contribution is -2.00. The molecule has 4 nitrogen and oxygen atoms in total. The van der Waals surface area contributed by atoms with Crippen LogP contribution in [0.4, 0.5) is 11.4 Å². The van der Waals surface area contributed by atoms with E-state index in [0.717, 1.165) is 91.4 Å². The van der Waals surface area contributed by atoms with Gasteiger partial charge in [0.05, 0.1) is 22.5 Å². The molecule has 4 aromatic rings. The van der Waals surface area contributed by atoms with Gasteiger partial charge < -0.3 is 10.2 Å². The molecule has 0 aliphatic rings. The van der Waals surface area contributed by atoms with Crippen LogP contribution in [0.3, 0.4) is 0 Å². The number of phenols is 2. The van der Waals surface area contributed by atoms with Crippen LogP contribution in [0.15, 0.2) is 70.6 Å². The minimum Gasteiger partial charge on any atom is -0.507 e. The first-order valence-corrected chi connectivity index (χ1v) is 17.6. The van der Waals surface area contributed by atoms with E-state index in [2.05, 4.69) is 84.0 Å². The average Bonchev–Trinajstić information content (AvgIpc) is 3.05. The molecule has 0 amide bonds. The molecule has 0 aromatic heterocycles. The third-order valence-electron chi connectivity index (χ3n) is 8.61. The van der Waals surface area contributed by atoms with Crippen molar-refractivity contribution in [1.82, 2.24) is 0 Å². The van der Waals surface area contributed by atoms with E-state index in [-0.39, 0.29) is 11.5 Å². The molecule has 46 heavy (non-hydrogen) atoms. The van der Waals surface area contributed by atoms with Gasteiger partial charge in [-0.05, 0) is 133 Å². The molecule has 4 rings (SSSR count). The molecule has 4 heteroatoms. The monoisotopic (exact) mass is 620 g/mol. The summed E-state index contributed by atoms with van der Waals surface area (Å²) in [4.78, 5) is 9.70.